The lowest BCUT2D eigenvalue weighted by Crippen LogP contribution is -2.10. The van der Waals surface area contributed by atoms with Gasteiger partial charge in [0.25, 0.3) is 0 Å². The fraction of sp³-hybridized carbons (Fsp3) is 0. The number of nitrogens with two attached hydrogens (primary N) is 1. The Morgan fingerprint density at radius 2 is 1.18 bits per heavy atom. The largest absolute Gasteiger partial charge is 0.396 e. The van der Waals surface area contributed by atoms with Crippen molar-refractivity contribution in [1.29, 1.82) is 0 Å². The molecule has 0 aliphatic rings. The second-order valence-corrected chi connectivity index (χ2v) is 4.04. The molecule has 0 aliphatic carbocycles. The molecule has 2 rings (SSSR count). The minimum absolute atomic E-state index is 0.552. The Morgan fingerprint density at radius 3 is 1.64 bits per heavy atom. The van der Waals surface area contributed by atoms with Gasteiger partial charge in [-0.3, -0.25) is 0 Å². The summed E-state index contributed by atoms with van der Waals surface area (Å²) in [6.07, 6.45) is 0. The molecule has 22 heavy (non-hydrogen) atoms. The highest BCUT2D eigenvalue weighted by molar-refractivity contribution is 5.71. The SMILES string of the molecule is Nc1ccc(-c2c(F)c(F)c(N(F)F)c(F)c2F)c(F)c1F. The predicted octanol–water partition coefficient (Wildman–Crippen LogP) is 4.35. The minimum Gasteiger partial charge on any atom is -0.396 e. The van der Waals surface area contributed by atoms with Crippen molar-refractivity contribution in [3.8, 4) is 11.1 Å². The van der Waals surface area contributed by atoms with Gasteiger partial charge in [-0.1, -0.05) is 8.96 Å². The van der Waals surface area contributed by atoms with Crippen LogP contribution in [0.4, 0.5) is 46.7 Å². The molecule has 0 radical (unpaired) electrons. The van der Waals surface area contributed by atoms with Crippen molar-refractivity contribution in [2.75, 3.05) is 11.1 Å². The number of nitrogens with zero attached hydrogens (tertiary/aromatic N) is 1. The summed E-state index contributed by atoms with van der Waals surface area (Å²) in [6.45, 7) is 0. The van der Waals surface area contributed by atoms with E-state index in [0.29, 0.717) is 12.1 Å². The van der Waals surface area contributed by atoms with Crippen LogP contribution in [-0.4, -0.2) is 0 Å². The molecular formula is C12H4F8N2. The normalized spacial score (nSPS) is 10.9. The Bertz CT molecular complexity index is 731. The standard InChI is InChI=1S/C12H4F8N2/c13-6-3(1-2-4(21)7(6)14)5-8(15)10(17)12(22(19)20)11(18)9(5)16/h1-2H,21H2. The van der Waals surface area contributed by atoms with Crippen LogP contribution in [0.25, 0.3) is 11.1 Å². The molecule has 0 atom stereocenters. The summed E-state index contributed by atoms with van der Waals surface area (Å²) in [5.41, 5.74) is -0.891. The van der Waals surface area contributed by atoms with Gasteiger partial charge in [0, 0.05) is 5.56 Å². The lowest BCUT2D eigenvalue weighted by atomic mass is 10.0. The van der Waals surface area contributed by atoms with E-state index in [2.05, 4.69) is 0 Å². The molecule has 0 aliphatic heterocycles. The molecule has 0 heterocycles. The molecule has 2 nitrogen and oxygen atoms in total. The third-order valence-electron chi connectivity index (χ3n) is 2.79. The average molecular weight is 328 g/mol. The lowest BCUT2D eigenvalue weighted by molar-refractivity contribution is 0.223. The number of hydrogen-bond acceptors (Lipinski definition) is 2. The molecule has 118 valence electrons. The molecule has 0 saturated carbocycles. The third kappa shape index (κ3) is 2.20. The zero-order valence-corrected chi connectivity index (χ0v) is 10.2. The first-order valence-corrected chi connectivity index (χ1v) is 5.39. The molecule has 0 aromatic heterocycles. The van der Waals surface area contributed by atoms with Crippen molar-refractivity contribution >= 4 is 11.4 Å². The molecule has 10 heteroatoms. The van der Waals surface area contributed by atoms with Crippen LogP contribution >= 0.6 is 0 Å². The Kier molecular flexibility index (Phi) is 3.86. The van der Waals surface area contributed by atoms with E-state index in [1.165, 1.54) is 0 Å². The first-order chi connectivity index (χ1) is 10.2. The van der Waals surface area contributed by atoms with Crippen molar-refractivity contribution in [1.82, 2.24) is 0 Å². The maximum atomic E-state index is 13.7. The first kappa shape index (κ1) is 15.9. The number of anilines is 2. The minimum atomic E-state index is -2.46. The van der Waals surface area contributed by atoms with Gasteiger partial charge < -0.3 is 5.73 Å². The van der Waals surface area contributed by atoms with E-state index in [-0.39, 0.29) is 0 Å². The Hall–Kier alpha value is -2.52. The molecule has 0 fully saturated rings. The fourth-order valence-electron chi connectivity index (χ4n) is 1.76. The van der Waals surface area contributed by atoms with E-state index >= 15 is 0 Å². The van der Waals surface area contributed by atoms with Crippen molar-refractivity contribution in [2.45, 2.75) is 0 Å². The summed E-state index contributed by atoms with van der Waals surface area (Å²) in [6, 6.07) is 1.24. The Balaban J connectivity index is 2.87. The van der Waals surface area contributed by atoms with Gasteiger partial charge in [-0.2, -0.15) is 0 Å². The van der Waals surface area contributed by atoms with Gasteiger partial charge in [0.15, 0.2) is 40.6 Å². The summed E-state index contributed by atoms with van der Waals surface area (Å²) < 4.78 is 106. The monoisotopic (exact) mass is 328 g/mol. The van der Waals surface area contributed by atoms with E-state index in [1.807, 2.05) is 0 Å². The maximum Gasteiger partial charge on any atom is 0.191 e. The molecule has 0 bridgehead atoms. The second-order valence-electron chi connectivity index (χ2n) is 4.04. The summed E-state index contributed by atoms with van der Waals surface area (Å²) in [4.78, 5) is 0. The second kappa shape index (κ2) is 5.35. The van der Waals surface area contributed by atoms with E-state index < -0.39 is 62.7 Å². The fourth-order valence-corrected chi connectivity index (χ4v) is 1.76. The maximum absolute atomic E-state index is 13.7. The average Bonchev–Trinajstić information content (AvgIpc) is 2.45. The molecule has 2 aromatic rings. The van der Waals surface area contributed by atoms with Crippen molar-refractivity contribution < 1.29 is 35.3 Å². The molecule has 0 unspecified atom stereocenters. The van der Waals surface area contributed by atoms with Gasteiger partial charge in [-0.05, 0) is 17.5 Å². The topological polar surface area (TPSA) is 29.3 Å². The van der Waals surface area contributed by atoms with Crippen molar-refractivity contribution in [2.24, 2.45) is 0 Å². The van der Waals surface area contributed by atoms with Crippen LogP contribution in [0.5, 0.6) is 0 Å². The van der Waals surface area contributed by atoms with E-state index in [9.17, 15) is 35.3 Å². The highest BCUT2D eigenvalue weighted by Gasteiger charge is 2.32. The summed E-state index contributed by atoms with van der Waals surface area (Å²) in [5.74, 6) is -13.1. The van der Waals surface area contributed by atoms with E-state index in [1.54, 1.807) is 0 Å². The van der Waals surface area contributed by atoms with Crippen LogP contribution < -0.4 is 11.1 Å². The van der Waals surface area contributed by atoms with Gasteiger partial charge >= 0.3 is 0 Å². The Morgan fingerprint density at radius 1 is 0.682 bits per heavy atom. The Labute approximate surface area is 117 Å². The number of halogens is 8. The van der Waals surface area contributed by atoms with Crippen LogP contribution in [-0.2, 0) is 0 Å². The van der Waals surface area contributed by atoms with Crippen LogP contribution in [0.2, 0.25) is 0 Å². The van der Waals surface area contributed by atoms with Crippen molar-refractivity contribution in [3.05, 3.63) is 47.0 Å². The van der Waals surface area contributed by atoms with Gasteiger partial charge in [0.05, 0.1) is 11.3 Å². The van der Waals surface area contributed by atoms with Gasteiger partial charge in [0.1, 0.15) is 0 Å². The lowest BCUT2D eigenvalue weighted by Gasteiger charge is -2.13. The van der Waals surface area contributed by atoms with Crippen LogP contribution in [0.15, 0.2) is 12.1 Å². The first-order valence-electron chi connectivity index (χ1n) is 5.39. The summed E-state index contributed by atoms with van der Waals surface area (Å²) in [5, 5.41) is -2.18. The van der Waals surface area contributed by atoms with Crippen molar-refractivity contribution in [3.63, 3.8) is 0 Å². The highest BCUT2D eigenvalue weighted by atomic mass is 19.4. The van der Waals surface area contributed by atoms with Gasteiger partial charge in [-0.25, -0.2) is 26.3 Å². The zero-order valence-electron chi connectivity index (χ0n) is 10.2. The van der Waals surface area contributed by atoms with Gasteiger partial charge in [-0.15, -0.1) is 0 Å². The number of hydrogen-bond donors (Lipinski definition) is 1. The molecular weight excluding hydrogens is 324 g/mol. The predicted molar refractivity (Wildman–Crippen MR) is 60.7 cm³/mol. The van der Waals surface area contributed by atoms with E-state index in [4.69, 9.17) is 5.73 Å². The molecule has 2 aromatic carbocycles. The smallest absolute Gasteiger partial charge is 0.191 e. The van der Waals surface area contributed by atoms with Crippen LogP contribution in [0.3, 0.4) is 0 Å². The number of benzene rings is 2. The highest BCUT2D eigenvalue weighted by Crippen LogP contribution is 2.38. The molecule has 0 saturated heterocycles. The number of nitrogen functional groups attached to an aromatic ring is 1. The summed E-state index contributed by atoms with van der Waals surface area (Å²) in [7, 11) is 0. The third-order valence-corrected chi connectivity index (χ3v) is 2.79. The molecule has 0 amide bonds. The van der Waals surface area contributed by atoms with E-state index in [0.717, 1.165) is 0 Å². The van der Waals surface area contributed by atoms with Crippen LogP contribution in [0.1, 0.15) is 0 Å². The number of rotatable bonds is 2. The molecule has 2 N–H and O–H groups in total. The molecule has 0 spiro atoms. The quantitative estimate of drug-likeness (QED) is 0.384. The van der Waals surface area contributed by atoms with Gasteiger partial charge in [0.2, 0.25) is 0 Å². The summed E-state index contributed by atoms with van der Waals surface area (Å²) >= 11 is 0. The van der Waals surface area contributed by atoms with Crippen LogP contribution in [0, 0.1) is 34.9 Å². The zero-order chi connectivity index (χ0) is 16.8.